The third-order valence-corrected chi connectivity index (χ3v) is 1.41. The minimum Gasteiger partial charge on any atom is -0.396 e. The number of unbranched alkanes of at least 4 members (excludes halogenated alkanes) is 1. The van der Waals surface area contributed by atoms with E-state index in [4.69, 9.17) is 5.11 Å². The average molecular weight is 206 g/mol. The van der Waals surface area contributed by atoms with Crippen LogP contribution in [0, 0.1) is 0 Å². The van der Waals surface area contributed by atoms with Gasteiger partial charge < -0.3 is 5.11 Å². The predicted molar refractivity (Wildman–Crippen MR) is 36.6 cm³/mol. The van der Waals surface area contributed by atoms with E-state index in [2.05, 4.69) is 0 Å². The van der Waals surface area contributed by atoms with Crippen LogP contribution in [0.3, 0.4) is 0 Å². The zero-order valence-electron chi connectivity index (χ0n) is 6.87. The van der Waals surface area contributed by atoms with Crippen molar-refractivity contribution in [2.45, 2.75) is 37.8 Å². The van der Waals surface area contributed by atoms with Crippen LogP contribution in [-0.2, 0) is 0 Å². The molecule has 0 rings (SSSR count). The van der Waals surface area contributed by atoms with Crippen molar-refractivity contribution in [1.82, 2.24) is 0 Å². The second-order valence-corrected chi connectivity index (χ2v) is 2.83. The minimum absolute atomic E-state index is 0.0976. The number of halogens is 5. The molecule has 0 fully saturated rings. The summed E-state index contributed by atoms with van der Waals surface area (Å²) in [4.78, 5) is 0. The van der Waals surface area contributed by atoms with E-state index in [9.17, 15) is 22.0 Å². The van der Waals surface area contributed by atoms with Gasteiger partial charge in [-0.1, -0.05) is 0 Å². The molecule has 0 saturated carbocycles. The lowest BCUT2D eigenvalue weighted by atomic mass is 10.1. The fraction of sp³-hybridized carbons (Fsp3) is 1.00. The topological polar surface area (TPSA) is 20.2 Å². The van der Waals surface area contributed by atoms with Crippen LogP contribution in [0.4, 0.5) is 22.0 Å². The number of rotatable bonds is 5. The number of aliphatic hydroxyl groups excluding tert-OH is 1. The van der Waals surface area contributed by atoms with Crippen molar-refractivity contribution in [2.75, 3.05) is 6.61 Å². The van der Waals surface area contributed by atoms with Crippen molar-refractivity contribution in [3.63, 3.8) is 0 Å². The molecular formula is C7H11F5O. The first-order chi connectivity index (χ1) is 5.77. The molecule has 13 heavy (non-hydrogen) atoms. The number of aliphatic hydroxyl groups is 1. The maximum atomic E-state index is 12.4. The Morgan fingerprint density at radius 2 is 1.46 bits per heavy atom. The monoisotopic (exact) mass is 206 g/mol. The van der Waals surface area contributed by atoms with Crippen LogP contribution >= 0.6 is 0 Å². The summed E-state index contributed by atoms with van der Waals surface area (Å²) < 4.78 is 59.5. The highest BCUT2D eigenvalue weighted by molar-refractivity contribution is 4.70. The highest BCUT2D eigenvalue weighted by atomic mass is 19.4. The van der Waals surface area contributed by atoms with Crippen LogP contribution in [0.5, 0.6) is 0 Å². The molecule has 0 bridgehead atoms. The molecule has 0 saturated heterocycles. The van der Waals surface area contributed by atoms with Gasteiger partial charge in [0.05, 0.1) is 0 Å². The van der Waals surface area contributed by atoms with Crippen LogP contribution in [0.25, 0.3) is 0 Å². The molecule has 1 N–H and O–H groups in total. The maximum absolute atomic E-state index is 12.4. The molecule has 1 nitrogen and oxygen atoms in total. The van der Waals surface area contributed by atoms with Crippen molar-refractivity contribution in [1.29, 1.82) is 0 Å². The summed E-state index contributed by atoms with van der Waals surface area (Å²) in [7, 11) is 0. The molecule has 0 atom stereocenters. The molecule has 0 aliphatic heterocycles. The Morgan fingerprint density at radius 3 is 1.85 bits per heavy atom. The van der Waals surface area contributed by atoms with Crippen LogP contribution in [0.2, 0.25) is 0 Å². The van der Waals surface area contributed by atoms with E-state index in [1.807, 2.05) is 0 Å². The fourth-order valence-corrected chi connectivity index (χ4v) is 0.877. The third-order valence-electron chi connectivity index (χ3n) is 1.41. The second-order valence-electron chi connectivity index (χ2n) is 2.83. The summed E-state index contributed by atoms with van der Waals surface area (Å²) in [5.41, 5.74) is 0. The lowest BCUT2D eigenvalue weighted by molar-refractivity contribution is -0.189. The van der Waals surface area contributed by atoms with Gasteiger partial charge in [-0.25, -0.2) is 8.78 Å². The Labute approximate surface area is 72.6 Å². The maximum Gasteiger partial charge on any atom is 0.394 e. The third kappa shape index (κ3) is 7.95. The molecule has 0 amide bonds. The smallest absolute Gasteiger partial charge is 0.394 e. The first kappa shape index (κ1) is 12.6. The molecule has 0 aromatic carbocycles. The van der Waals surface area contributed by atoms with E-state index in [0.717, 1.165) is 0 Å². The van der Waals surface area contributed by atoms with E-state index < -0.39 is 24.9 Å². The molecule has 0 spiro atoms. The van der Waals surface area contributed by atoms with E-state index >= 15 is 0 Å². The van der Waals surface area contributed by atoms with Crippen molar-refractivity contribution in [3.05, 3.63) is 0 Å². The van der Waals surface area contributed by atoms with Gasteiger partial charge in [-0.05, 0) is 12.8 Å². The molecule has 0 aliphatic carbocycles. The summed E-state index contributed by atoms with van der Waals surface area (Å²) >= 11 is 0. The number of hydrogen-bond acceptors (Lipinski definition) is 1. The Balaban J connectivity index is 3.80. The van der Waals surface area contributed by atoms with Gasteiger partial charge in [0, 0.05) is 13.0 Å². The van der Waals surface area contributed by atoms with E-state index in [0.29, 0.717) is 0 Å². The molecule has 0 unspecified atom stereocenters. The van der Waals surface area contributed by atoms with Gasteiger partial charge in [-0.3, -0.25) is 0 Å². The summed E-state index contributed by atoms with van der Waals surface area (Å²) in [5, 5.41) is 8.23. The van der Waals surface area contributed by atoms with Gasteiger partial charge in [0.25, 0.3) is 5.92 Å². The normalized spacial score (nSPS) is 13.4. The van der Waals surface area contributed by atoms with Crippen LogP contribution in [-0.4, -0.2) is 23.8 Å². The van der Waals surface area contributed by atoms with Crippen LogP contribution < -0.4 is 0 Å². The van der Waals surface area contributed by atoms with Crippen molar-refractivity contribution < 1.29 is 27.1 Å². The molecule has 80 valence electrons. The summed E-state index contributed by atoms with van der Waals surface area (Å²) in [6.45, 7) is -0.276. The lowest BCUT2D eigenvalue weighted by Gasteiger charge is -2.17. The molecule has 0 radical (unpaired) electrons. The molecule has 0 aromatic heterocycles. The van der Waals surface area contributed by atoms with Gasteiger partial charge in [0.1, 0.15) is 6.42 Å². The Hall–Kier alpha value is -0.390. The van der Waals surface area contributed by atoms with Crippen molar-refractivity contribution in [3.8, 4) is 0 Å². The Bertz CT molecular complexity index is 142. The first-order valence-electron chi connectivity index (χ1n) is 3.82. The number of hydrogen-bond donors (Lipinski definition) is 1. The Morgan fingerprint density at radius 1 is 0.923 bits per heavy atom. The number of alkyl halides is 5. The van der Waals surface area contributed by atoms with Crippen molar-refractivity contribution in [2.24, 2.45) is 0 Å². The SMILES string of the molecule is OCCCCC(F)(F)CC(F)(F)F. The summed E-state index contributed by atoms with van der Waals surface area (Å²) in [6.07, 6.45) is -7.73. The van der Waals surface area contributed by atoms with E-state index in [1.165, 1.54) is 0 Å². The molecule has 0 aromatic rings. The van der Waals surface area contributed by atoms with Crippen LogP contribution in [0.15, 0.2) is 0 Å². The molecule has 6 heteroatoms. The van der Waals surface area contributed by atoms with Gasteiger partial charge in [0.2, 0.25) is 0 Å². The van der Waals surface area contributed by atoms with Crippen LogP contribution in [0.1, 0.15) is 25.7 Å². The van der Waals surface area contributed by atoms with Gasteiger partial charge in [-0.2, -0.15) is 13.2 Å². The minimum atomic E-state index is -4.83. The van der Waals surface area contributed by atoms with E-state index in [1.54, 1.807) is 0 Å². The molecular weight excluding hydrogens is 195 g/mol. The first-order valence-corrected chi connectivity index (χ1v) is 3.82. The second kappa shape index (κ2) is 4.74. The average Bonchev–Trinajstić information content (AvgIpc) is 1.81. The van der Waals surface area contributed by atoms with Crippen molar-refractivity contribution >= 4 is 0 Å². The lowest BCUT2D eigenvalue weighted by Crippen LogP contribution is -2.25. The molecule has 0 aliphatic rings. The van der Waals surface area contributed by atoms with Gasteiger partial charge >= 0.3 is 6.18 Å². The fourth-order valence-electron chi connectivity index (χ4n) is 0.877. The van der Waals surface area contributed by atoms with E-state index in [-0.39, 0.29) is 19.4 Å². The zero-order valence-corrected chi connectivity index (χ0v) is 6.87. The predicted octanol–water partition coefficient (Wildman–Crippen LogP) is 2.74. The summed E-state index contributed by atoms with van der Waals surface area (Å²) in [6, 6.07) is 0. The standard InChI is InChI=1S/C7H11F5O/c8-6(9,3-1-2-4-13)5-7(10,11)12/h13H,1-5H2. The zero-order chi connectivity index (χ0) is 10.5. The quantitative estimate of drug-likeness (QED) is 0.541. The largest absolute Gasteiger partial charge is 0.396 e. The molecule has 0 heterocycles. The van der Waals surface area contributed by atoms with Gasteiger partial charge in [0.15, 0.2) is 0 Å². The highest BCUT2D eigenvalue weighted by Gasteiger charge is 2.42. The Kier molecular flexibility index (Phi) is 4.60. The summed E-state index contributed by atoms with van der Waals surface area (Å²) in [5.74, 6) is -3.70. The highest BCUT2D eigenvalue weighted by Crippen LogP contribution is 2.34. The van der Waals surface area contributed by atoms with Gasteiger partial charge in [-0.15, -0.1) is 0 Å².